The summed E-state index contributed by atoms with van der Waals surface area (Å²) >= 11 is 0. The fourth-order valence-electron chi connectivity index (χ4n) is 3.20. The van der Waals surface area contributed by atoms with Crippen LogP contribution in [0.2, 0.25) is 0 Å². The van der Waals surface area contributed by atoms with Gasteiger partial charge in [-0.2, -0.15) is 0 Å². The lowest BCUT2D eigenvalue weighted by atomic mass is 9.98. The number of aliphatic hydroxyl groups excluding tert-OH is 1. The number of benzene rings is 3. The Labute approximate surface area is 160 Å². The maximum atomic E-state index is 9.29. The van der Waals surface area contributed by atoms with E-state index < -0.39 is 6.29 Å². The average Bonchev–Trinajstić information content (AvgIpc) is 2.71. The molecule has 0 aliphatic heterocycles. The van der Waals surface area contributed by atoms with Gasteiger partial charge in [0, 0.05) is 0 Å². The van der Waals surface area contributed by atoms with E-state index in [0.717, 1.165) is 25.0 Å². The molecule has 27 heavy (non-hydrogen) atoms. The summed E-state index contributed by atoms with van der Waals surface area (Å²) in [5.41, 5.74) is 1.32. The van der Waals surface area contributed by atoms with Crippen molar-refractivity contribution >= 4 is 21.5 Å². The highest BCUT2D eigenvalue weighted by Gasteiger charge is 2.04. The monoisotopic (exact) mass is 362 g/mol. The fraction of sp³-hybridized carbons (Fsp3) is 0.250. The number of fused-ring (bicyclic) bond motifs is 3. The molecule has 3 nitrogen and oxygen atoms in total. The van der Waals surface area contributed by atoms with Crippen LogP contribution in [-0.2, 0) is 11.2 Å². The molecule has 1 N–H and O–H groups in total. The molecular formula is C24H26O3. The molecule has 0 amide bonds. The van der Waals surface area contributed by atoms with Gasteiger partial charge in [0.1, 0.15) is 12.4 Å². The van der Waals surface area contributed by atoms with Gasteiger partial charge in [0.15, 0.2) is 6.29 Å². The smallest absolute Gasteiger partial charge is 0.173 e. The summed E-state index contributed by atoms with van der Waals surface area (Å²) in [6.07, 6.45) is 5.21. The van der Waals surface area contributed by atoms with Crippen molar-refractivity contribution in [3.8, 4) is 5.75 Å². The first kappa shape index (κ1) is 19.2. The van der Waals surface area contributed by atoms with Gasteiger partial charge in [0.25, 0.3) is 0 Å². The third kappa shape index (κ3) is 4.97. The molecular weight excluding hydrogens is 336 g/mol. The zero-order valence-electron chi connectivity index (χ0n) is 15.6. The van der Waals surface area contributed by atoms with Gasteiger partial charge in [0.05, 0.1) is 6.61 Å². The molecule has 3 aromatic rings. The summed E-state index contributed by atoms with van der Waals surface area (Å²) in [6, 6.07) is 17.2. The molecule has 0 spiro atoms. The number of rotatable bonds is 10. The first-order chi connectivity index (χ1) is 13.2. The fourth-order valence-corrected chi connectivity index (χ4v) is 3.20. The Kier molecular flexibility index (Phi) is 6.64. The van der Waals surface area contributed by atoms with Crippen LogP contribution >= 0.6 is 0 Å². The normalized spacial score (nSPS) is 12.2. The second-order valence-electron chi connectivity index (χ2n) is 6.56. The predicted molar refractivity (Wildman–Crippen MR) is 112 cm³/mol. The van der Waals surface area contributed by atoms with Crippen LogP contribution in [0, 0.1) is 0 Å². The maximum absolute atomic E-state index is 9.29. The van der Waals surface area contributed by atoms with Crippen LogP contribution in [0.5, 0.6) is 5.75 Å². The molecule has 0 aromatic heterocycles. The van der Waals surface area contributed by atoms with Gasteiger partial charge >= 0.3 is 0 Å². The van der Waals surface area contributed by atoms with E-state index in [1.54, 1.807) is 6.08 Å². The van der Waals surface area contributed by atoms with Crippen LogP contribution in [-0.4, -0.2) is 24.6 Å². The van der Waals surface area contributed by atoms with Crippen LogP contribution in [0.3, 0.4) is 0 Å². The van der Waals surface area contributed by atoms with Crippen LogP contribution < -0.4 is 4.74 Å². The van der Waals surface area contributed by atoms with E-state index in [0.29, 0.717) is 13.2 Å². The maximum Gasteiger partial charge on any atom is 0.173 e. The zero-order valence-corrected chi connectivity index (χ0v) is 15.6. The quantitative estimate of drug-likeness (QED) is 0.227. The van der Waals surface area contributed by atoms with Crippen LogP contribution in [0.4, 0.5) is 0 Å². The van der Waals surface area contributed by atoms with Gasteiger partial charge < -0.3 is 14.6 Å². The lowest BCUT2D eigenvalue weighted by molar-refractivity contribution is -0.0647. The first-order valence-corrected chi connectivity index (χ1v) is 9.32. The number of aliphatic hydroxyl groups is 1. The van der Waals surface area contributed by atoms with Crippen molar-refractivity contribution in [1.29, 1.82) is 0 Å². The minimum atomic E-state index is -0.860. The Morgan fingerprint density at radius 3 is 2.41 bits per heavy atom. The number of aryl methyl sites for hydroxylation is 1. The van der Waals surface area contributed by atoms with E-state index in [1.165, 1.54) is 33.2 Å². The Hall–Kier alpha value is -2.62. The molecule has 0 saturated heterocycles. The van der Waals surface area contributed by atoms with Gasteiger partial charge in [-0.1, -0.05) is 55.6 Å². The molecule has 3 rings (SSSR count). The topological polar surface area (TPSA) is 38.7 Å². The van der Waals surface area contributed by atoms with E-state index >= 15 is 0 Å². The Morgan fingerprint density at radius 1 is 0.926 bits per heavy atom. The van der Waals surface area contributed by atoms with Gasteiger partial charge in [0.2, 0.25) is 0 Å². The molecule has 3 heteroatoms. The molecule has 0 heterocycles. The molecule has 0 fully saturated rings. The minimum absolute atomic E-state index is 0.514. The highest BCUT2D eigenvalue weighted by Crippen LogP contribution is 2.29. The summed E-state index contributed by atoms with van der Waals surface area (Å²) in [7, 11) is 0. The van der Waals surface area contributed by atoms with Crippen molar-refractivity contribution < 1.29 is 14.6 Å². The summed E-state index contributed by atoms with van der Waals surface area (Å²) in [5, 5.41) is 14.2. The van der Waals surface area contributed by atoms with Crippen molar-refractivity contribution in [2.24, 2.45) is 0 Å². The lowest BCUT2D eigenvalue weighted by Gasteiger charge is -2.10. The van der Waals surface area contributed by atoms with E-state index in [1.807, 2.05) is 6.07 Å². The Bertz CT molecular complexity index is 929. The standard InChI is InChI=1S/C24H26O3/c1-3-14-26-21-11-13-23-20(17-21)10-9-19-16-18(8-12-22(19)23)7-5-6-15-27-24(25)4-2/h3-4,8-13,16-17,24-25H,1-2,5-7,14-15H2. The third-order valence-electron chi connectivity index (χ3n) is 4.59. The van der Waals surface area contributed by atoms with Crippen molar-refractivity contribution in [2.75, 3.05) is 13.2 Å². The molecule has 0 saturated carbocycles. The highest BCUT2D eigenvalue weighted by molar-refractivity contribution is 6.07. The molecule has 0 bridgehead atoms. The van der Waals surface area contributed by atoms with Crippen molar-refractivity contribution in [3.05, 3.63) is 79.4 Å². The van der Waals surface area contributed by atoms with Gasteiger partial charge in [-0.05, 0) is 64.6 Å². The number of unbranched alkanes of at least 4 members (excludes halogenated alkanes) is 1. The van der Waals surface area contributed by atoms with Crippen molar-refractivity contribution in [1.82, 2.24) is 0 Å². The van der Waals surface area contributed by atoms with Crippen LogP contribution in [0.25, 0.3) is 21.5 Å². The van der Waals surface area contributed by atoms with E-state index in [-0.39, 0.29) is 0 Å². The van der Waals surface area contributed by atoms with Crippen molar-refractivity contribution in [2.45, 2.75) is 25.6 Å². The molecule has 0 aliphatic rings. The van der Waals surface area contributed by atoms with Gasteiger partial charge in [-0.3, -0.25) is 0 Å². The summed E-state index contributed by atoms with van der Waals surface area (Å²) in [5.74, 6) is 0.863. The summed E-state index contributed by atoms with van der Waals surface area (Å²) < 4.78 is 10.8. The zero-order chi connectivity index (χ0) is 19.1. The van der Waals surface area contributed by atoms with Crippen molar-refractivity contribution in [3.63, 3.8) is 0 Å². The molecule has 0 aliphatic carbocycles. The van der Waals surface area contributed by atoms with E-state index in [4.69, 9.17) is 9.47 Å². The average molecular weight is 362 g/mol. The predicted octanol–water partition coefficient (Wildman–Crippen LogP) is 5.40. The summed E-state index contributed by atoms with van der Waals surface area (Å²) in [4.78, 5) is 0. The largest absolute Gasteiger partial charge is 0.490 e. The number of ether oxygens (including phenoxy) is 2. The van der Waals surface area contributed by atoms with Crippen LogP contribution in [0.1, 0.15) is 18.4 Å². The number of hydrogen-bond acceptors (Lipinski definition) is 3. The van der Waals surface area contributed by atoms with E-state index in [9.17, 15) is 5.11 Å². The SMILES string of the molecule is C=CCOc1ccc2c(ccc3cc(CCCCOC(O)C=C)ccc32)c1. The first-order valence-electron chi connectivity index (χ1n) is 9.32. The van der Waals surface area contributed by atoms with Crippen LogP contribution in [0.15, 0.2) is 73.8 Å². The molecule has 1 unspecified atom stereocenters. The second kappa shape index (κ2) is 9.36. The third-order valence-corrected chi connectivity index (χ3v) is 4.59. The molecule has 1 atom stereocenters. The Morgan fingerprint density at radius 2 is 1.67 bits per heavy atom. The van der Waals surface area contributed by atoms with Gasteiger partial charge in [-0.15, -0.1) is 0 Å². The van der Waals surface area contributed by atoms with Gasteiger partial charge in [-0.25, -0.2) is 0 Å². The second-order valence-corrected chi connectivity index (χ2v) is 6.56. The van der Waals surface area contributed by atoms with E-state index in [2.05, 4.69) is 55.6 Å². The molecule has 0 radical (unpaired) electrons. The highest BCUT2D eigenvalue weighted by atomic mass is 16.6. The molecule has 3 aromatic carbocycles. The lowest BCUT2D eigenvalue weighted by Crippen LogP contribution is -2.08. The minimum Gasteiger partial charge on any atom is -0.490 e. The Balaban J connectivity index is 1.69. The summed E-state index contributed by atoms with van der Waals surface area (Å²) in [6.45, 7) is 8.23. The number of hydrogen-bond donors (Lipinski definition) is 1. The molecule has 140 valence electrons.